The Morgan fingerprint density at radius 1 is 0.915 bits per heavy atom. The number of ether oxygens (including phenoxy) is 1. The molecule has 238 valence electrons. The number of thiophene rings is 1. The maximum atomic E-state index is 14.0. The number of carboxylic acids is 1. The zero-order valence-electron chi connectivity index (χ0n) is 25.7. The molecule has 10 heteroatoms. The monoisotopic (exact) mass is 664 g/mol. The Morgan fingerprint density at radius 2 is 1.64 bits per heavy atom. The molecule has 0 saturated heterocycles. The molecule has 2 amide bonds. The number of aromatic carboxylic acids is 1. The molecule has 2 atom stereocenters. The fourth-order valence-corrected chi connectivity index (χ4v) is 8.41. The third-order valence-corrected chi connectivity index (χ3v) is 10.6. The molecular weight excluding hydrogens is 633 g/mol. The van der Waals surface area contributed by atoms with E-state index in [0.29, 0.717) is 32.9 Å². The van der Waals surface area contributed by atoms with Crippen molar-refractivity contribution in [1.29, 1.82) is 0 Å². The van der Waals surface area contributed by atoms with Gasteiger partial charge in [-0.05, 0) is 72.0 Å². The van der Waals surface area contributed by atoms with Crippen molar-refractivity contribution in [3.8, 4) is 0 Å². The topological polar surface area (TPSA) is 122 Å². The lowest BCUT2D eigenvalue weighted by molar-refractivity contribution is -0.115. The van der Waals surface area contributed by atoms with E-state index < -0.39 is 23.1 Å². The van der Waals surface area contributed by atoms with Crippen LogP contribution in [0.25, 0.3) is 10.8 Å². The van der Waals surface area contributed by atoms with Gasteiger partial charge < -0.3 is 20.5 Å². The molecule has 1 aliphatic carbocycles. The Balaban J connectivity index is 1.28. The van der Waals surface area contributed by atoms with Crippen molar-refractivity contribution >= 4 is 68.3 Å². The average molecular weight is 665 g/mol. The second-order valence-corrected chi connectivity index (χ2v) is 13.7. The molecule has 4 aromatic carbocycles. The molecule has 6 rings (SSSR count). The molecule has 47 heavy (non-hydrogen) atoms. The van der Waals surface area contributed by atoms with Gasteiger partial charge in [0.1, 0.15) is 10.3 Å². The van der Waals surface area contributed by atoms with Crippen LogP contribution in [0.2, 0.25) is 0 Å². The smallest absolute Gasteiger partial charge is 0.341 e. The predicted molar refractivity (Wildman–Crippen MR) is 186 cm³/mol. The highest BCUT2D eigenvalue weighted by Gasteiger charge is 2.31. The first kappa shape index (κ1) is 32.0. The van der Waals surface area contributed by atoms with Crippen LogP contribution in [0.15, 0.2) is 95.9 Å². The summed E-state index contributed by atoms with van der Waals surface area (Å²) < 4.78 is 5.12. The molecule has 8 nitrogen and oxygen atoms in total. The standard InChI is InChI=1S/C37H32N2O6S2/c1-21-17-18-26-29(19-21)47-35(31(26)37(44)45-2)39-34(41)32(23-9-4-3-5-10-23)46-25-14-8-13-24(20-25)38-33(40)27-15-6-11-22-12-7-16-28(30(22)27)36(42)43/h3-16,20-21,32H,17-19H2,1-2H3,(H,38,40)(H,39,41)(H,42,43). The molecular formula is C37H32N2O6S2. The van der Waals surface area contributed by atoms with E-state index in [9.17, 15) is 24.3 Å². The molecule has 3 N–H and O–H groups in total. The molecule has 0 saturated carbocycles. The van der Waals surface area contributed by atoms with Gasteiger partial charge in [0.2, 0.25) is 5.91 Å². The lowest BCUT2D eigenvalue weighted by Gasteiger charge is -2.18. The van der Waals surface area contributed by atoms with Crippen LogP contribution in [0.3, 0.4) is 0 Å². The Labute approximate surface area is 280 Å². The molecule has 0 fully saturated rings. The number of thioether (sulfide) groups is 1. The summed E-state index contributed by atoms with van der Waals surface area (Å²) in [5.41, 5.74) is 2.96. The van der Waals surface area contributed by atoms with Crippen LogP contribution >= 0.6 is 23.1 Å². The predicted octanol–water partition coefficient (Wildman–Crippen LogP) is 8.24. The van der Waals surface area contributed by atoms with E-state index in [1.807, 2.05) is 36.4 Å². The van der Waals surface area contributed by atoms with Crippen molar-refractivity contribution in [2.75, 3.05) is 17.7 Å². The van der Waals surface area contributed by atoms with Crippen LogP contribution in [-0.2, 0) is 22.4 Å². The van der Waals surface area contributed by atoms with E-state index in [4.69, 9.17) is 4.74 Å². The third kappa shape index (κ3) is 6.79. The summed E-state index contributed by atoms with van der Waals surface area (Å²) in [6, 6.07) is 26.5. The summed E-state index contributed by atoms with van der Waals surface area (Å²) in [5, 5.41) is 16.5. The van der Waals surface area contributed by atoms with Crippen molar-refractivity contribution in [2.45, 2.75) is 36.3 Å². The fraction of sp³-hybridized carbons (Fsp3) is 0.189. The number of methoxy groups -OCH3 is 1. The number of benzene rings is 4. The highest BCUT2D eigenvalue weighted by Crippen LogP contribution is 2.42. The van der Waals surface area contributed by atoms with Crippen LogP contribution < -0.4 is 10.6 Å². The SMILES string of the molecule is COC(=O)c1c(NC(=O)C(Sc2cccc(NC(=O)c3cccc4cccc(C(=O)O)c34)c2)c2ccccc2)sc2c1CCC(C)C2. The number of nitrogens with one attached hydrogen (secondary N) is 2. The van der Waals surface area contributed by atoms with Gasteiger partial charge in [0.15, 0.2) is 0 Å². The van der Waals surface area contributed by atoms with E-state index >= 15 is 0 Å². The Hall–Kier alpha value is -4.93. The van der Waals surface area contributed by atoms with E-state index in [-0.39, 0.29) is 17.0 Å². The summed E-state index contributed by atoms with van der Waals surface area (Å²) in [6.45, 7) is 2.19. The normalized spacial score (nSPS) is 14.6. The van der Waals surface area contributed by atoms with Crippen molar-refractivity contribution in [1.82, 2.24) is 0 Å². The van der Waals surface area contributed by atoms with Gasteiger partial charge in [-0.25, -0.2) is 9.59 Å². The molecule has 0 bridgehead atoms. The van der Waals surface area contributed by atoms with Crippen molar-refractivity contribution < 1.29 is 29.0 Å². The number of amides is 2. The largest absolute Gasteiger partial charge is 0.478 e. The van der Waals surface area contributed by atoms with Crippen molar-refractivity contribution in [3.63, 3.8) is 0 Å². The van der Waals surface area contributed by atoms with E-state index in [2.05, 4.69) is 17.6 Å². The maximum absolute atomic E-state index is 14.0. The van der Waals surface area contributed by atoms with Crippen LogP contribution in [-0.4, -0.2) is 36.0 Å². The first-order valence-electron chi connectivity index (χ1n) is 15.1. The number of carbonyl (C=O) groups is 4. The Morgan fingerprint density at radius 3 is 2.36 bits per heavy atom. The molecule has 1 aromatic heterocycles. The Kier molecular flexibility index (Phi) is 9.42. The summed E-state index contributed by atoms with van der Waals surface area (Å²) in [7, 11) is 1.35. The summed E-state index contributed by atoms with van der Waals surface area (Å²) in [5.74, 6) is -1.81. The van der Waals surface area contributed by atoms with Crippen LogP contribution in [0.1, 0.15) is 65.7 Å². The number of esters is 1. The van der Waals surface area contributed by atoms with Crippen molar-refractivity contribution in [2.24, 2.45) is 5.92 Å². The van der Waals surface area contributed by atoms with Gasteiger partial charge in [-0.3, -0.25) is 9.59 Å². The molecule has 0 aliphatic heterocycles. The molecule has 0 spiro atoms. The van der Waals surface area contributed by atoms with Gasteiger partial charge in [-0.15, -0.1) is 23.1 Å². The molecule has 1 aliphatic rings. The van der Waals surface area contributed by atoms with E-state index in [1.165, 1.54) is 36.3 Å². The first-order chi connectivity index (χ1) is 22.7. The van der Waals surface area contributed by atoms with Crippen LogP contribution in [0.4, 0.5) is 10.7 Å². The quantitative estimate of drug-likeness (QED) is 0.107. The average Bonchev–Trinajstić information content (AvgIpc) is 3.43. The van der Waals surface area contributed by atoms with Gasteiger partial charge in [0.25, 0.3) is 5.91 Å². The zero-order chi connectivity index (χ0) is 33.1. The number of fused-ring (bicyclic) bond motifs is 2. The van der Waals surface area contributed by atoms with Gasteiger partial charge in [-0.1, -0.05) is 67.6 Å². The minimum Gasteiger partial charge on any atom is -0.478 e. The summed E-state index contributed by atoms with van der Waals surface area (Å²) >= 11 is 2.76. The highest BCUT2D eigenvalue weighted by molar-refractivity contribution is 8.00. The number of rotatable bonds is 9. The number of anilines is 2. The number of carboxylic acid groups (broad SMARTS) is 1. The Bertz CT molecular complexity index is 2000. The second-order valence-electron chi connectivity index (χ2n) is 11.4. The summed E-state index contributed by atoms with van der Waals surface area (Å²) in [6.07, 6.45) is 2.59. The lowest BCUT2D eigenvalue weighted by atomic mass is 9.88. The minimum absolute atomic E-state index is 0.0470. The highest BCUT2D eigenvalue weighted by atomic mass is 32.2. The van der Waals surface area contributed by atoms with E-state index in [0.717, 1.165) is 40.2 Å². The van der Waals surface area contributed by atoms with Gasteiger partial charge in [-0.2, -0.15) is 0 Å². The number of carbonyl (C=O) groups excluding carboxylic acids is 3. The van der Waals surface area contributed by atoms with Gasteiger partial charge in [0, 0.05) is 26.4 Å². The van der Waals surface area contributed by atoms with Gasteiger partial charge >= 0.3 is 11.9 Å². The van der Waals surface area contributed by atoms with Crippen LogP contribution in [0.5, 0.6) is 0 Å². The lowest BCUT2D eigenvalue weighted by Crippen LogP contribution is -2.20. The van der Waals surface area contributed by atoms with Gasteiger partial charge in [0.05, 0.1) is 18.2 Å². The first-order valence-corrected chi connectivity index (χ1v) is 16.8. The molecule has 0 radical (unpaired) electrons. The third-order valence-electron chi connectivity index (χ3n) is 8.20. The van der Waals surface area contributed by atoms with E-state index in [1.54, 1.807) is 48.5 Å². The molecule has 1 heterocycles. The fourth-order valence-electron chi connectivity index (χ4n) is 5.93. The number of hydrogen-bond acceptors (Lipinski definition) is 7. The zero-order valence-corrected chi connectivity index (χ0v) is 27.4. The number of hydrogen-bond donors (Lipinski definition) is 3. The van der Waals surface area contributed by atoms with Crippen molar-refractivity contribution in [3.05, 3.63) is 124 Å². The summed E-state index contributed by atoms with van der Waals surface area (Å²) in [4.78, 5) is 54.1. The second kappa shape index (κ2) is 13.8. The maximum Gasteiger partial charge on any atom is 0.341 e. The molecule has 5 aromatic rings. The van der Waals surface area contributed by atoms with Crippen LogP contribution in [0, 0.1) is 5.92 Å². The molecule has 2 unspecified atom stereocenters. The minimum atomic E-state index is -1.12.